The number of rotatable bonds is 5. The summed E-state index contributed by atoms with van der Waals surface area (Å²) in [6.07, 6.45) is 1.09. The summed E-state index contributed by atoms with van der Waals surface area (Å²) in [4.78, 5) is 36.9. The molecule has 0 radical (unpaired) electrons. The van der Waals surface area contributed by atoms with Crippen molar-refractivity contribution in [3.05, 3.63) is 71.9 Å². The molecule has 0 aliphatic carbocycles. The molecule has 2 aromatic rings. The van der Waals surface area contributed by atoms with Gasteiger partial charge in [-0.2, -0.15) is 0 Å². The Balaban J connectivity index is 1.84. The van der Waals surface area contributed by atoms with Gasteiger partial charge in [0.1, 0.15) is 5.75 Å². The molecule has 0 N–H and O–H groups in total. The van der Waals surface area contributed by atoms with Gasteiger partial charge < -0.3 is 14.2 Å². The van der Waals surface area contributed by atoms with Crippen LogP contribution in [0.4, 0.5) is 4.79 Å². The number of fused-ring (bicyclic) bond motifs is 1. The number of benzene rings is 2. The largest absolute Gasteiger partial charge is 0.510 e. The lowest BCUT2D eigenvalue weighted by atomic mass is 9.82. The van der Waals surface area contributed by atoms with Crippen LogP contribution in [-0.4, -0.2) is 48.5 Å². The molecule has 2 heterocycles. The van der Waals surface area contributed by atoms with E-state index in [2.05, 4.69) is 4.99 Å². The fraction of sp³-hybridized carbons (Fsp3) is 0.308. The molecule has 0 spiro atoms. The smallest absolute Gasteiger partial charge is 0.497 e. The molecule has 2 aromatic carbocycles. The monoisotopic (exact) mass is 461 g/mol. The van der Waals surface area contributed by atoms with Gasteiger partial charge in [0.2, 0.25) is 0 Å². The minimum Gasteiger partial charge on any atom is -0.497 e. The molecule has 0 aromatic heterocycles. The highest BCUT2D eigenvalue weighted by Gasteiger charge is 2.60. The summed E-state index contributed by atoms with van der Waals surface area (Å²) < 4.78 is 15.5. The average Bonchev–Trinajstić information content (AvgIpc) is 3.12. The summed E-state index contributed by atoms with van der Waals surface area (Å²) in [5, 5.41) is 0. The predicted molar refractivity (Wildman–Crippen MR) is 129 cm³/mol. The minimum atomic E-state index is -1.79. The lowest BCUT2D eigenvalue weighted by Gasteiger charge is -2.35. The van der Waals surface area contributed by atoms with Gasteiger partial charge in [0, 0.05) is 23.6 Å². The van der Waals surface area contributed by atoms with Gasteiger partial charge in [0.25, 0.3) is 5.72 Å². The Morgan fingerprint density at radius 3 is 2.29 bits per heavy atom. The molecule has 2 aliphatic rings. The van der Waals surface area contributed by atoms with E-state index in [1.807, 2.05) is 54.6 Å². The molecule has 0 fully saturated rings. The Labute approximate surface area is 198 Å². The van der Waals surface area contributed by atoms with Crippen LogP contribution >= 0.6 is 0 Å². The predicted octanol–water partition coefficient (Wildman–Crippen LogP) is 4.46. The van der Waals surface area contributed by atoms with E-state index in [1.165, 1.54) is 12.0 Å². The second-order valence-corrected chi connectivity index (χ2v) is 9.02. The number of aliphatic imine (C=N–C) groups is 2. The molecule has 8 nitrogen and oxygen atoms in total. The maximum absolute atomic E-state index is 13.8. The third kappa shape index (κ3) is 4.07. The molecular formula is C26H27N3O5. The maximum Gasteiger partial charge on any atom is 0.510 e. The van der Waals surface area contributed by atoms with E-state index >= 15 is 0 Å². The van der Waals surface area contributed by atoms with Gasteiger partial charge in [-0.1, -0.05) is 51.1 Å². The number of ether oxygens (including phenoxy) is 3. The molecule has 34 heavy (non-hydrogen) atoms. The quantitative estimate of drug-likeness (QED) is 0.614. The van der Waals surface area contributed by atoms with Gasteiger partial charge in [-0.05, 0) is 29.8 Å². The van der Waals surface area contributed by atoms with Gasteiger partial charge >= 0.3 is 12.1 Å². The van der Waals surface area contributed by atoms with Gasteiger partial charge in [-0.25, -0.2) is 14.8 Å². The maximum atomic E-state index is 13.8. The Morgan fingerprint density at radius 1 is 1.03 bits per heavy atom. The van der Waals surface area contributed by atoms with Crippen molar-refractivity contribution >= 4 is 29.3 Å². The van der Waals surface area contributed by atoms with E-state index in [-0.39, 0.29) is 0 Å². The number of hydrogen-bond donors (Lipinski definition) is 0. The van der Waals surface area contributed by atoms with Gasteiger partial charge in [0.15, 0.2) is 5.84 Å². The van der Waals surface area contributed by atoms with E-state index in [0.717, 1.165) is 11.1 Å². The number of amides is 1. The second kappa shape index (κ2) is 8.78. The molecule has 8 heteroatoms. The minimum absolute atomic E-state index is 0.352. The van der Waals surface area contributed by atoms with E-state index in [9.17, 15) is 9.59 Å². The molecule has 176 valence electrons. The highest BCUT2D eigenvalue weighted by molar-refractivity contribution is 6.47. The summed E-state index contributed by atoms with van der Waals surface area (Å²) in [6.45, 7) is 5.37. The molecule has 0 saturated heterocycles. The molecule has 0 saturated carbocycles. The van der Waals surface area contributed by atoms with Crippen molar-refractivity contribution in [2.45, 2.75) is 32.9 Å². The molecule has 4 rings (SSSR count). The van der Waals surface area contributed by atoms with Crippen molar-refractivity contribution in [3.63, 3.8) is 0 Å². The van der Waals surface area contributed by atoms with Crippen LogP contribution in [0.2, 0.25) is 0 Å². The van der Waals surface area contributed by atoms with Crippen LogP contribution in [0.5, 0.6) is 5.75 Å². The molecule has 2 aliphatic heterocycles. The van der Waals surface area contributed by atoms with Crippen LogP contribution < -0.4 is 4.74 Å². The highest BCUT2D eigenvalue weighted by atomic mass is 16.7. The second-order valence-electron chi connectivity index (χ2n) is 9.02. The number of nitrogens with zero attached hydrogens (tertiary/aromatic N) is 3. The number of hydrogen-bond acceptors (Lipinski definition) is 7. The summed E-state index contributed by atoms with van der Waals surface area (Å²) in [7, 11) is 2.80. The SMILES string of the molecule is COC(=O)OC1(C(C)(C)C)N=C2C(Cc3ccccc3)=NC(c3ccc(OC)cc3)=CN2C1=O. The molecule has 1 unspecified atom stereocenters. The average molecular weight is 462 g/mol. The van der Waals surface area contributed by atoms with Crippen LogP contribution in [-0.2, 0) is 20.7 Å². The zero-order valence-electron chi connectivity index (χ0n) is 19.9. The van der Waals surface area contributed by atoms with E-state index in [0.29, 0.717) is 29.4 Å². The van der Waals surface area contributed by atoms with Crippen LogP contribution in [0.1, 0.15) is 31.9 Å². The van der Waals surface area contributed by atoms with Crippen molar-refractivity contribution in [1.82, 2.24) is 4.90 Å². The lowest BCUT2D eigenvalue weighted by molar-refractivity contribution is -0.156. The van der Waals surface area contributed by atoms with Crippen molar-refractivity contribution in [1.29, 1.82) is 0 Å². The Bertz CT molecular complexity index is 1190. The number of carbonyl (C=O) groups is 2. The molecule has 1 atom stereocenters. The van der Waals surface area contributed by atoms with E-state index in [4.69, 9.17) is 19.2 Å². The standard InChI is InChI=1S/C26H27N3O5/c1-25(2,3)26(34-24(31)33-5)23(30)29-16-21(18-11-13-19(32-4)14-12-18)27-20(22(29)28-26)15-17-9-7-6-8-10-17/h6-14,16H,15H2,1-5H3. The van der Waals surface area contributed by atoms with Crippen LogP contribution in [0.25, 0.3) is 5.70 Å². The first kappa shape index (κ1) is 23.2. The van der Waals surface area contributed by atoms with Crippen LogP contribution in [0.15, 0.2) is 70.8 Å². The topological polar surface area (TPSA) is 89.8 Å². The number of amidine groups is 1. The third-order valence-electron chi connectivity index (χ3n) is 5.78. The fourth-order valence-corrected chi connectivity index (χ4v) is 3.86. The fourth-order valence-electron chi connectivity index (χ4n) is 3.86. The summed E-state index contributed by atoms with van der Waals surface area (Å²) >= 11 is 0. The third-order valence-corrected chi connectivity index (χ3v) is 5.78. The highest BCUT2D eigenvalue weighted by Crippen LogP contribution is 2.43. The van der Waals surface area contributed by atoms with Crippen LogP contribution in [0, 0.1) is 5.41 Å². The van der Waals surface area contributed by atoms with Gasteiger partial charge in [0.05, 0.1) is 25.6 Å². The first-order chi connectivity index (χ1) is 16.2. The van der Waals surface area contributed by atoms with E-state index in [1.54, 1.807) is 34.1 Å². The number of methoxy groups -OCH3 is 2. The molecule has 0 bridgehead atoms. The first-order valence-electron chi connectivity index (χ1n) is 10.9. The zero-order chi connectivity index (χ0) is 24.5. The normalized spacial score (nSPS) is 19.6. The van der Waals surface area contributed by atoms with Gasteiger partial charge in [-0.3, -0.25) is 9.69 Å². The Hall–Kier alpha value is -3.94. The van der Waals surface area contributed by atoms with Crippen molar-refractivity contribution in [3.8, 4) is 5.75 Å². The number of carbonyl (C=O) groups excluding carboxylic acids is 2. The zero-order valence-corrected chi connectivity index (χ0v) is 19.9. The Morgan fingerprint density at radius 2 is 1.71 bits per heavy atom. The molecule has 1 amide bonds. The first-order valence-corrected chi connectivity index (χ1v) is 10.9. The Kier molecular flexibility index (Phi) is 6.00. The summed E-state index contributed by atoms with van der Waals surface area (Å²) in [6, 6.07) is 17.2. The van der Waals surface area contributed by atoms with Crippen LogP contribution in [0.3, 0.4) is 0 Å². The molecular weight excluding hydrogens is 434 g/mol. The summed E-state index contributed by atoms with van der Waals surface area (Å²) in [5.41, 5.74) is 0.346. The lowest BCUT2D eigenvalue weighted by Crippen LogP contribution is -2.53. The van der Waals surface area contributed by atoms with Crippen molar-refractivity contribution in [2.24, 2.45) is 15.4 Å². The van der Waals surface area contributed by atoms with E-state index < -0.39 is 23.2 Å². The van der Waals surface area contributed by atoms with Crippen molar-refractivity contribution < 1.29 is 23.8 Å². The van der Waals surface area contributed by atoms with Crippen molar-refractivity contribution in [2.75, 3.05) is 14.2 Å². The van der Waals surface area contributed by atoms with Gasteiger partial charge in [-0.15, -0.1) is 0 Å². The summed E-state index contributed by atoms with van der Waals surface area (Å²) in [5.74, 6) is 0.586.